The molecule has 64 valence electrons. The van der Waals surface area contributed by atoms with E-state index in [0.29, 0.717) is 10.8 Å². The molecule has 2 nitrogen and oxygen atoms in total. The second kappa shape index (κ2) is 4.28. The van der Waals surface area contributed by atoms with Gasteiger partial charge in [-0.3, -0.25) is 0 Å². The van der Waals surface area contributed by atoms with E-state index in [1.807, 2.05) is 12.1 Å². The molecule has 0 spiro atoms. The van der Waals surface area contributed by atoms with Crippen molar-refractivity contribution >= 4 is 35.0 Å². The minimum Gasteiger partial charge on any atom is -0.493 e. The van der Waals surface area contributed by atoms with Crippen LogP contribution in [0, 0.1) is 0 Å². The lowest BCUT2D eigenvalue weighted by Gasteiger charge is -2.08. The zero-order valence-electron chi connectivity index (χ0n) is 6.50. The lowest BCUT2D eigenvalue weighted by molar-refractivity contribution is 0.417. The minimum atomic E-state index is 0.569. The quantitative estimate of drug-likeness (QED) is 0.760. The molecule has 0 atom stereocenters. The second-order valence-corrected chi connectivity index (χ2v) is 2.73. The number of anilines is 1. The van der Waals surface area contributed by atoms with E-state index in [-0.39, 0.29) is 0 Å². The van der Waals surface area contributed by atoms with Gasteiger partial charge in [-0.2, -0.15) is 0 Å². The highest BCUT2D eigenvalue weighted by atomic mass is 35.5. The number of thiocarbonyl (C=S) groups is 1. The van der Waals surface area contributed by atoms with Crippen LogP contribution in [0.1, 0.15) is 0 Å². The highest BCUT2D eigenvalue weighted by Gasteiger charge is 2.04. The molecule has 0 aliphatic rings. The fourth-order valence-electron chi connectivity index (χ4n) is 0.893. The van der Waals surface area contributed by atoms with Gasteiger partial charge in [0, 0.05) is 0 Å². The molecule has 4 heteroatoms. The third-order valence-electron chi connectivity index (χ3n) is 1.39. The van der Waals surface area contributed by atoms with Gasteiger partial charge in [-0.05, 0) is 12.1 Å². The van der Waals surface area contributed by atoms with E-state index >= 15 is 0 Å². The van der Waals surface area contributed by atoms with Gasteiger partial charge in [0.1, 0.15) is 0 Å². The van der Waals surface area contributed by atoms with Gasteiger partial charge in [-0.1, -0.05) is 29.9 Å². The normalized spacial score (nSPS) is 9.17. The average Bonchev–Trinajstić information content (AvgIpc) is 2.05. The van der Waals surface area contributed by atoms with E-state index in [0.717, 1.165) is 5.69 Å². The average molecular weight is 202 g/mol. The van der Waals surface area contributed by atoms with Crippen LogP contribution in [-0.2, 0) is 0 Å². The van der Waals surface area contributed by atoms with Crippen LogP contribution in [0.4, 0.5) is 5.69 Å². The molecular weight excluding hydrogens is 194 g/mol. The second-order valence-electron chi connectivity index (χ2n) is 2.08. The van der Waals surface area contributed by atoms with Crippen molar-refractivity contribution < 1.29 is 4.74 Å². The molecule has 0 aromatic heterocycles. The summed E-state index contributed by atoms with van der Waals surface area (Å²) < 4.78 is 5.07. The van der Waals surface area contributed by atoms with E-state index in [1.54, 1.807) is 13.2 Å². The summed E-state index contributed by atoms with van der Waals surface area (Å²) in [5.41, 5.74) is 2.19. The molecule has 0 heterocycles. The molecule has 1 rings (SSSR count). The molecule has 0 amide bonds. The van der Waals surface area contributed by atoms with Gasteiger partial charge in [0.15, 0.2) is 5.75 Å². The minimum absolute atomic E-state index is 0.569. The van der Waals surface area contributed by atoms with Crippen LogP contribution in [0.5, 0.6) is 5.75 Å². The number of nitrogens with one attached hydrogen (secondary N) is 1. The summed E-state index contributed by atoms with van der Waals surface area (Å²) in [4.78, 5) is 0. The Bertz CT molecular complexity index is 290. The lowest BCUT2D eigenvalue weighted by Crippen LogP contribution is -1.96. The van der Waals surface area contributed by atoms with Crippen LogP contribution in [0.25, 0.3) is 0 Å². The summed E-state index contributed by atoms with van der Waals surface area (Å²) in [6.45, 7) is 0. The fraction of sp³-hybridized carbons (Fsp3) is 0.125. The Hall–Kier alpha value is -0.800. The Morgan fingerprint density at radius 1 is 1.58 bits per heavy atom. The molecule has 12 heavy (non-hydrogen) atoms. The summed E-state index contributed by atoms with van der Waals surface area (Å²) in [6.07, 6.45) is 0. The van der Waals surface area contributed by atoms with Crippen LogP contribution in [0.15, 0.2) is 18.2 Å². The van der Waals surface area contributed by atoms with Crippen molar-refractivity contribution in [2.45, 2.75) is 0 Å². The Morgan fingerprint density at radius 3 is 2.92 bits per heavy atom. The molecule has 0 fully saturated rings. The molecule has 0 unspecified atom stereocenters. The van der Waals surface area contributed by atoms with E-state index in [4.69, 9.17) is 16.3 Å². The molecule has 0 aliphatic heterocycles. The number of halogens is 1. The van der Waals surface area contributed by atoms with Crippen LogP contribution in [-0.4, -0.2) is 12.6 Å². The smallest absolute Gasteiger partial charge is 0.160 e. The molecule has 1 aromatic carbocycles. The fourth-order valence-corrected chi connectivity index (χ4v) is 1.27. The SMILES string of the molecule is COc1c(Cl)cccc1NC=S. The van der Waals surface area contributed by atoms with Crippen molar-refractivity contribution in [3.05, 3.63) is 23.2 Å². The number of rotatable bonds is 3. The zero-order chi connectivity index (χ0) is 8.97. The topological polar surface area (TPSA) is 21.3 Å². The monoisotopic (exact) mass is 201 g/mol. The van der Waals surface area contributed by atoms with Gasteiger partial charge < -0.3 is 10.1 Å². The van der Waals surface area contributed by atoms with Crippen molar-refractivity contribution in [1.29, 1.82) is 0 Å². The molecule has 1 N–H and O–H groups in total. The molecule has 0 saturated heterocycles. The maximum atomic E-state index is 5.85. The number of methoxy groups -OCH3 is 1. The van der Waals surface area contributed by atoms with Gasteiger partial charge in [0.25, 0.3) is 0 Å². The van der Waals surface area contributed by atoms with Crippen molar-refractivity contribution in [3.63, 3.8) is 0 Å². The lowest BCUT2D eigenvalue weighted by atomic mass is 10.3. The standard InChI is InChI=1S/C8H8ClNOS/c1-11-8-6(9)3-2-4-7(8)10-5-12/h2-5H,1H3,(H,10,12). The van der Waals surface area contributed by atoms with E-state index in [2.05, 4.69) is 17.5 Å². The number of benzene rings is 1. The van der Waals surface area contributed by atoms with Gasteiger partial charge in [-0.15, -0.1) is 0 Å². The molecule has 0 radical (unpaired) electrons. The number of ether oxygens (including phenoxy) is 1. The summed E-state index contributed by atoms with van der Waals surface area (Å²) in [5.74, 6) is 0.611. The molecule has 0 aliphatic carbocycles. The molecule has 1 aromatic rings. The highest BCUT2D eigenvalue weighted by molar-refractivity contribution is 7.79. The Kier molecular flexibility index (Phi) is 3.31. The number of hydrogen-bond donors (Lipinski definition) is 1. The van der Waals surface area contributed by atoms with Crippen molar-refractivity contribution in [1.82, 2.24) is 0 Å². The largest absolute Gasteiger partial charge is 0.493 e. The van der Waals surface area contributed by atoms with E-state index in [9.17, 15) is 0 Å². The van der Waals surface area contributed by atoms with Gasteiger partial charge in [0.05, 0.1) is 23.3 Å². The van der Waals surface area contributed by atoms with Crippen molar-refractivity contribution in [2.75, 3.05) is 12.4 Å². The van der Waals surface area contributed by atoms with Crippen LogP contribution >= 0.6 is 23.8 Å². The summed E-state index contributed by atoms with van der Waals surface area (Å²) in [7, 11) is 1.57. The van der Waals surface area contributed by atoms with E-state index in [1.165, 1.54) is 5.49 Å². The summed E-state index contributed by atoms with van der Waals surface area (Å²) in [5, 5.41) is 3.42. The summed E-state index contributed by atoms with van der Waals surface area (Å²) >= 11 is 10.5. The van der Waals surface area contributed by atoms with Crippen LogP contribution in [0.3, 0.4) is 0 Å². The summed E-state index contributed by atoms with van der Waals surface area (Å²) in [6, 6.07) is 5.43. The predicted molar refractivity (Wildman–Crippen MR) is 55.3 cm³/mol. The maximum absolute atomic E-state index is 5.85. The number of hydrogen-bond acceptors (Lipinski definition) is 2. The Labute approximate surface area is 81.5 Å². The Balaban J connectivity index is 3.08. The van der Waals surface area contributed by atoms with E-state index < -0.39 is 0 Å². The first-order valence-electron chi connectivity index (χ1n) is 3.32. The highest BCUT2D eigenvalue weighted by Crippen LogP contribution is 2.31. The molecular formula is C8H8ClNOS. The number of para-hydroxylation sites is 1. The van der Waals surface area contributed by atoms with Crippen LogP contribution < -0.4 is 10.1 Å². The zero-order valence-corrected chi connectivity index (χ0v) is 8.08. The van der Waals surface area contributed by atoms with Crippen LogP contribution in [0.2, 0.25) is 5.02 Å². The van der Waals surface area contributed by atoms with Crippen molar-refractivity contribution in [3.8, 4) is 5.75 Å². The van der Waals surface area contributed by atoms with Gasteiger partial charge in [-0.25, -0.2) is 0 Å². The third kappa shape index (κ3) is 1.87. The third-order valence-corrected chi connectivity index (χ3v) is 1.80. The first-order chi connectivity index (χ1) is 5.79. The first kappa shape index (κ1) is 9.29. The first-order valence-corrected chi connectivity index (χ1v) is 4.17. The van der Waals surface area contributed by atoms with Gasteiger partial charge in [0.2, 0.25) is 0 Å². The molecule has 0 saturated carbocycles. The maximum Gasteiger partial charge on any atom is 0.160 e. The Morgan fingerprint density at radius 2 is 2.33 bits per heavy atom. The molecule has 0 bridgehead atoms. The van der Waals surface area contributed by atoms with Gasteiger partial charge >= 0.3 is 0 Å². The predicted octanol–water partition coefficient (Wildman–Crippen LogP) is 2.72. The van der Waals surface area contributed by atoms with Crippen molar-refractivity contribution in [2.24, 2.45) is 0 Å².